The number of hydrogen-bond donors (Lipinski definition) is 2. The third-order valence-corrected chi connectivity index (χ3v) is 1.66. The lowest BCUT2D eigenvalue weighted by atomic mass is 10.2. The van der Waals surface area contributed by atoms with Crippen LogP contribution in [0.3, 0.4) is 0 Å². The minimum atomic E-state index is -0.470. The van der Waals surface area contributed by atoms with Crippen LogP contribution in [-0.4, -0.2) is 34.9 Å². The van der Waals surface area contributed by atoms with Gasteiger partial charge in [0.2, 0.25) is 6.39 Å². The van der Waals surface area contributed by atoms with Gasteiger partial charge in [-0.2, -0.15) is 4.98 Å². The number of aromatic nitrogens is 2. The van der Waals surface area contributed by atoms with Crippen LogP contribution in [0.5, 0.6) is 0 Å². The first-order chi connectivity index (χ1) is 7.97. The predicted molar refractivity (Wildman–Crippen MR) is 60.2 cm³/mol. The fourth-order valence-corrected chi connectivity index (χ4v) is 1.04. The Morgan fingerprint density at radius 1 is 1.47 bits per heavy atom. The second-order valence-corrected chi connectivity index (χ2v) is 4.45. The van der Waals surface area contributed by atoms with Gasteiger partial charge in [-0.15, -0.1) is 0 Å². The van der Waals surface area contributed by atoms with E-state index in [0.717, 1.165) is 0 Å². The molecule has 7 nitrogen and oxygen atoms in total. The average molecular weight is 242 g/mol. The summed E-state index contributed by atoms with van der Waals surface area (Å²) in [5, 5.41) is 9.32. The van der Waals surface area contributed by atoms with Crippen LogP contribution in [-0.2, 0) is 11.3 Å². The number of amides is 1. The molecule has 1 aromatic rings. The van der Waals surface area contributed by atoms with E-state index >= 15 is 0 Å². The van der Waals surface area contributed by atoms with Gasteiger partial charge in [-0.05, 0) is 20.8 Å². The van der Waals surface area contributed by atoms with Crippen molar-refractivity contribution in [1.29, 1.82) is 0 Å². The van der Waals surface area contributed by atoms with Crippen LogP contribution in [0.4, 0.5) is 4.79 Å². The van der Waals surface area contributed by atoms with Crippen LogP contribution in [0.1, 0.15) is 26.6 Å². The molecule has 0 aromatic carbocycles. The number of hydrogen-bond acceptors (Lipinski definition) is 6. The maximum Gasteiger partial charge on any atom is 0.407 e. The lowest BCUT2D eigenvalue weighted by Gasteiger charge is -2.19. The lowest BCUT2D eigenvalue weighted by Crippen LogP contribution is -2.36. The largest absolute Gasteiger partial charge is 0.444 e. The van der Waals surface area contributed by atoms with Crippen molar-refractivity contribution < 1.29 is 14.1 Å². The third-order valence-electron chi connectivity index (χ3n) is 1.66. The molecule has 0 saturated carbocycles. The van der Waals surface area contributed by atoms with Crippen molar-refractivity contribution in [2.24, 2.45) is 0 Å². The monoisotopic (exact) mass is 242 g/mol. The quantitative estimate of drug-likeness (QED) is 0.738. The van der Waals surface area contributed by atoms with Crippen molar-refractivity contribution in [3.8, 4) is 0 Å². The number of ether oxygens (including phenoxy) is 1. The molecule has 0 aliphatic heterocycles. The highest BCUT2D eigenvalue weighted by molar-refractivity contribution is 5.67. The van der Waals surface area contributed by atoms with Crippen molar-refractivity contribution in [2.75, 3.05) is 13.1 Å². The van der Waals surface area contributed by atoms with Crippen LogP contribution < -0.4 is 10.6 Å². The van der Waals surface area contributed by atoms with Gasteiger partial charge in [0.05, 0.1) is 6.54 Å². The van der Waals surface area contributed by atoms with E-state index in [9.17, 15) is 4.79 Å². The molecule has 0 bridgehead atoms. The number of nitrogens with one attached hydrogen (secondary N) is 2. The molecule has 1 aromatic heterocycles. The van der Waals surface area contributed by atoms with E-state index < -0.39 is 11.7 Å². The number of carbonyl (C=O) groups is 1. The Kier molecular flexibility index (Phi) is 4.89. The summed E-state index contributed by atoms with van der Waals surface area (Å²) in [4.78, 5) is 15.1. The van der Waals surface area contributed by atoms with Crippen molar-refractivity contribution in [1.82, 2.24) is 20.8 Å². The Hall–Kier alpha value is -1.63. The van der Waals surface area contributed by atoms with Gasteiger partial charge < -0.3 is 19.9 Å². The number of nitrogens with zero attached hydrogens (tertiary/aromatic N) is 2. The topological polar surface area (TPSA) is 89.3 Å². The van der Waals surface area contributed by atoms with Gasteiger partial charge in [-0.25, -0.2) is 4.79 Å². The Labute approximate surface area is 99.9 Å². The van der Waals surface area contributed by atoms with E-state index in [1.165, 1.54) is 6.39 Å². The Bertz CT molecular complexity index is 332. The highest BCUT2D eigenvalue weighted by atomic mass is 16.6. The maximum absolute atomic E-state index is 11.2. The zero-order chi connectivity index (χ0) is 12.7. The van der Waals surface area contributed by atoms with Gasteiger partial charge in [-0.1, -0.05) is 5.16 Å². The van der Waals surface area contributed by atoms with Crippen LogP contribution in [0.25, 0.3) is 0 Å². The molecule has 0 aliphatic carbocycles. The molecular weight excluding hydrogens is 224 g/mol. The van der Waals surface area contributed by atoms with E-state index in [-0.39, 0.29) is 0 Å². The van der Waals surface area contributed by atoms with Crippen LogP contribution in [0.2, 0.25) is 0 Å². The van der Waals surface area contributed by atoms with Crippen molar-refractivity contribution >= 4 is 6.09 Å². The molecule has 0 atom stereocenters. The summed E-state index contributed by atoms with van der Waals surface area (Å²) in [5.74, 6) is 0.585. The third kappa shape index (κ3) is 6.52. The molecule has 96 valence electrons. The summed E-state index contributed by atoms with van der Waals surface area (Å²) < 4.78 is 9.65. The predicted octanol–water partition coefficient (Wildman–Crippen LogP) is 0.684. The molecule has 0 saturated heterocycles. The first-order valence-electron chi connectivity index (χ1n) is 5.40. The molecule has 0 radical (unpaired) electrons. The molecule has 0 fully saturated rings. The average Bonchev–Trinajstić information content (AvgIpc) is 2.67. The zero-order valence-corrected chi connectivity index (χ0v) is 10.3. The van der Waals surface area contributed by atoms with Crippen molar-refractivity contribution in [3.63, 3.8) is 0 Å². The van der Waals surface area contributed by atoms with E-state index in [0.29, 0.717) is 25.5 Å². The normalized spacial score (nSPS) is 11.2. The molecule has 2 N–H and O–H groups in total. The number of carbonyl (C=O) groups excluding carboxylic acids is 1. The highest BCUT2D eigenvalue weighted by Gasteiger charge is 2.15. The van der Waals surface area contributed by atoms with Crippen LogP contribution in [0.15, 0.2) is 10.9 Å². The fourth-order valence-electron chi connectivity index (χ4n) is 1.04. The van der Waals surface area contributed by atoms with Gasteiger partial charge in [-0.3, -0.25) is 0 Å². The van der Waals surface area contributed by atoms with E-state index in [2.05, 4.69) is 25.3 Å². The molecule has 17 heavy (non-hydrogen) atoms. The minimum Gasteiger partial charge on any atom is -0.444 e. The highest BCUT2D eigenvalue weighted by Crippen LogP contribution is 2.05. The van der Waals surface area contributed by atoms with Gasteiger partial charge >= 0.3 is 6.09 Å². The SMILES string of the molecule is CC(C)(C)OC(=O)NCCNCc1ncon1. The van der Waals surface area contributed by atoms with Crippen molar-refractivity contribution in [3.05, 3.63) is 12.2 Å². The fraction of sp³-hybridized carbons (Fsp3) is 0.700. The van der Waals surface area contributed by atoms with Gasteiger partial charge in [0.25, 0.3) is 0 Å². The summed E-state index contributed by atoms with van der Waals surface area (Å²) in [6.45, 7) is 7.05. The summed E-state index contributed by atoms with van der Waals surface area (Å²) in [6, 6.07) is 0. The second kappa shape index (κ2) is 6.19. The van der Waals surface area contributed by atoms with Crippen molar-refractivity contribution in [2.45, 2.75) is 32.9 Å². The van der Waals surface area contributed by atoms with Gasteiger partial charge in [0.15, 0.2) is 5.82 Å². The molecule has 1 rings (SSSR count). The summed E-state index contributed by atoms with van der Waals surface area (Å²) in [6.07, 6.45) is 0.856. The van der Waals surface area contributed by atoms with Crippen LogP contribution in [0, 0.1) is 0 Å². The molecular formula is C10H18N4O3. The number of alkyl carbamates (subject to hydrolysis) is 1. The smallest absolute Gasteiger partial charge is 0.407 e. The van der Waals surface area contributed by atoms with Crippen LogP contribution >= 0.6 is 0 Å². The molecule has 0 spiro atoms. The number of rotatable bonds is 5. The molecule has 0 unspecified atom stereocenters. The molecule has 0 aliphatic rings. The maximum atomic E-state index is 11.2. The standard InChI is InChI=1S/C10H18N4O3/c1-10(2,3)17-9(15)12-5-4-11-6-8-13-7-16-14-8/h7,11H,4-6H2,1-3H3,(H,12,15). The Morgan fingerprint density at radius 3 is 2.82 bits per heavy atom. The molecule has 1 heterocycles. The lowest BCUT2D eigenvalue weighted by molar-refractivity contribution is 0.0528. The molecule has 1 amide bonds. The second-order valence-electron chi connectivity index (χ2n) is 4.45. The Balaban J connectivity index is 2.02. The minimum absolute atomic E-state index is 0.418. The first kappa shape index (κ1) is 13.4. The van der Waals surface area contributed by atoms with E-state index in [1.807, 2.05) is 20.8 Å². The first-order valence-corrected chi connectivity index (χ1v) is 5.40. The zero-order valence-electron chi connectivity index (χ0n) is 10.3. The van der Waals surface area contributed by atoms with E-state index in [4.69, 9.17) is 4.74 Å². The van der Waals surface area contributed by atoms with E-state index in [1.54, 1.807) is 0 Å². The summed E-state index contributed by atoms with van der Waals surface area (Å²) in [5.41, 5.74) is -0.470. The van der Waals surface area contributed by atoms with Gasteiger partial charge in [0, 0.05) is 13.1 Å². The molecule has 7 heteroatoms. The summed E-state index contributed by atoms with van der Waals surface area (Å²) >= 11 is 0. The Morgan fingerprint density at radius 2 is 2.24 bits per heavy atom. The van der Waals surface area contributed by atoms with Gasteiger partial charge in [0.1, 0.15) is 5.60 Å². The summed E-state index contributed by atoms with van der Waals surface area (Å²) in [7, 11) is 0.